The minimum Gasteiger partial charge on any atom is -0.478 e. The smallest absolute Gasteiger partial charge is 0.349 e. The summed E-state index contributed by atoms with van der Waals surface area (Å²) in [6.45, 7) is 0. The molecule has 0 radical (unpaired) electrons. The van der Waals surface area contributed by atoms with Crippen LogP contribution in [0.3, 0.4) is 0 Å². The molecule has 1 aliphatic rings. The van der Waals surface area contributed by atoms with Crippen molar-refractivity contribution in [2.75, 3.05) is 5.73 Å². The fraction of sp³-hybridized carbons (Fsp3) is 0.125. The first-order chi connectivity index (χ1) is 5.70. The molecular weight excluding hydrogens is 158 g/mol. The van der Waals surface area contributed by atoms with Gasteiger partial charge in [-0.1, -0.05) is 6.07 Å². The minimum absolute atomic E-state index is 0.478. The zero-order chi connectivity index (χ0) is 8.72. The van der Waals surface area contributed by atoms with Crippen LogP contribution < -0.4 is 10.5 Å². The Labute approximate surface area is 68.6 Å². The average Bonchev–Trinajstić information content (AvgIpc) is 1.91. The van der Waals surface area contributed by atoms with Crippen molar-refractivity contribution in [2.45, 2.75) is 6.10 Å². The Morgan fingerprint density at radius 2 is 2.33 bits per heavy atom. The fourth-order valence-corrected chi connectivity index (χ4v) is 1.25. The summed E-state index contributed by atoms with van der Waals surface area (Å²) in [6.07, 6.45) is -0.874. The van der Waals surface area contributed by atoms with E-state index < -0.39 is 12.1 Å². The van der Waals surface area contributed by atoms with Crippen molar-refractivity contribution in [3.63, 3.8) is 0 Å². The first-order valence-electron chi connectivity index (χ1n) is 3.48. The largest absolute Gasteiger partial charge is 0.478 e. The van der Waals surface area contributed by atoms with E-state index in [1.807, 2.05) is 0 Å². The number of hydrogen-bond donors (Lipinski definition) is 2. The van der Waals surface area contributed by atoms with Gasteiger partial charge in [0.2, 0.25) is 6.10 Å². The van der Waals surface area contributed by atoms with Crippen molar-refractivity contribution in [1.29, 1.82) is 0 Å². The molecular formula is C8H7NO3. The third-order valence-electron chi connectivity index (χ3n) is 1.83. The second-order valence-corrected chi connectivity index (χ2v) is 2.60. The predicted octanol–water partition coefficient (Wildman–Crippen LogP) is 0.787. The highest BCUT2D eigenvalue weighted by molar-refractivity contribution is 5.82. The lowest BCUT2D eigenvalue weighted by molar-refractivity contribution is -0.147. The molecule has 4 heteroatoms. The summed E-state index contributed by atoms with van der Waals surface area (Å²) in [5.41, 5.74) is 6.62. The number of benzene rings is 1. The molecule has 1 atom stereocenters. The molecule has 1 aromatic rings. The fourth-order valence-electron chi connectivity index (χ4n) is 1.25. The Kier molecular flexibility index (Phi) is 1.24. The number of hydrogen-bond acceptors (Lipinski definition) is 3. The maximum Gasteiger partial charge on any atom is 0.349 e. The van der Waals surface area contributed by atoms with Crippen LogP contribution in [0.15, 0.2) is 18.2 Å². The van der Waals surface area contributed by atoms with Crippen molar-refractivity contribution in [3.05, 3.63) is 23.8 Å². The zero-order valence-electron chi connectivity index (χ0n) is 6.15. The van der Waals surface area contributed by atoms with Crippen LogP contribution in [0.4, 0.5) is 5.69 Å². The quantitative estimate of drug-likeness (QED) is 0.603. The van der Waals surface area contributed by atoms with Gasteiger partial charge in [-0.05, 0) is 12.1 Å². The van der Waals surface area contributed by atoms with E-state index in [0.29, 0.717) is 17.0 Å². The number of ether oxygens (including phenoxy) is 1. The number of nitrogens with two attached hydrogens (primary N) is 1. The van der Waals surface area contributed by atoms with Crippen molar-refractivity contribution in [2.24, 2.45) is 0 Å². The maximum absolute atomic E-state index is 10.5. The molecule has 1 heterocycles. The van der Waals surface area contributed by atoms with Crippen LogP contribution >= 0.6 is 0 Å². The van der Waals surface area contributed by atoms with Gasteiger partial charge in [0.05, 0.1) is 5.56 Å². The molecule has 0 spiro atoms. The minimum atomic E-state index is -1.000. The molecule has 0 aromatic heterocycles. The average molecular weight is 165 g/mol. The van der Waals surface area contributed by atoms with Crippen molar-refractivity contribution in [3.8, 4) is 5.75 Å². The van der Waals surface area contributed by atoms with Gasteiger partial charge in [-0.15, -0.1) is 0 Å². The Balaban J connectivity index is 2.45. The SMILES string of the molecule is Nc1cccc2c1C(C(=O)O)O2. The molecule has 0 bridgehead atoms. The van der Waals surface area contributed by atoms with E-state index in [1.165, 1.54) is 0 Å². The van der Waals surface area contributed by atoms with Gasteiger partial charge in [-0.25, -0.2) is 4.79 Å². The van der Waals surface area contributed by atoms with Crippen LogP contribution in [0.1, 0.15) is 11.7 Å². The van der Waals surface area contributed by atoms with Crippen LogP contribution in [0.25, 0.3) is 0 Å². The lowest BCUT2D eigenvalue weighted by Gasteiger charge is -2.28. The van der Waals surface area contributed by atoms with Crippen LogP contribution in [0.2, 0.25) is 0 Å². The molecule has 0 amide bonds. The van der Waals surface area contributed by atoms with E-state index in [1.54, 1.807) is 18.2 Å². The van der Waals surface area contributed by atoms with E-state index in [0.717, 1.165) is 0 Å². The van der Waals surface area contributed by atoms with E-state index in [2.05, 4.69) is 0 Å². The molecule has 0 saturated heterocycles. The van der Waals surface area contributed by atoms with Gasteiger partial charge in [0.25, 0.3) is 0 Å². The summed E-state index contributed by atoms with van der Waals surface area (Å²) < 4.78 is 4.95. The molecule has 1 unspecified atom stereocenters. The molecule has 0 saturated carbocycles. The number of aliphatic carboxylic acids is 1. The van der Waals surface area contributed by atoms with E-state index in [-0.39, 0.29) is 0 Å². The normalized spacial score (nSPS) is 18.8. The number of fused-ring (bicyclic) bond motifs is 1. The number of carboxylic acid groups (broad SMARTS) is 1. The molecule has 1 aromatic carbocycles. The van der Waals surface area contributed by atoms with Gasteiger partial charge in [-0.3, -0.25) is 0 Å². The van der Waals surface area contributed by atoms with Crippen LogP contribution in [-0.2, 0) is 4.79 Å². The van der Waals surface area contributed by atoms with Crippen LogP contribution in [0.5, 0.6) is 5.75 Å². The number of carbonyl (C=O) groups is 1. The standard InChI is InChI=1S/C8H7NO3/c9-4-2-1-3-5-6(4)7(12-5)8(10)11/h1-3,7H,9H2,(H,10,11). The predicted molar refractivity (Wildman–Crippen MR) is 41.9 cm³/mol. The Hall–Kier alpha value is -1.71. The summed E-state index contributed by atoms with van der Waals surface area (Å²) in [5.74, 6) is -0.428. The van der Waals surface area contributed by atoms with Gasteiger partial charge in [-0.2, -0.15) is 0 Å². The zero-order valence-corrected chi connectivity index (χ0v) is 6.15. The Bertz CT molecular complexity index is 334. The molecule has 2 rings (SSSR count). The van der Waals surface area contributed by atoms with Crippen molar-refractivity contribution < 1.29 is 14.6 Å². The highest BCUT2D eigenvalue weighted by Crippen LogP contribution is 2.42. The molecule has 4 nitrogen and oxygen atoms in total. The highest BCUT2D eigenvalue weighted by Gasteiger charge is 2.36. The first-order valence-corrected chi connectivity index (χ1v) is 3.48. The van der Waals surface area contributed by atoms with Crippen LogP contribution in [-0.4, -0.2) is 11.1 Å². The van der Waals surface area contributed by atoms with E-state index >= 15 is 0 Å². The number of rotatable bonds is 1. The lowest BCUT2D eigenvalue weighted by Crippen LogP contribution is -2.28. The summed E-state index contributed by atoms with van der Waals surface area (Å²) in [6, 6.07) is 5.09. The third kappa shape index (κ3) is 0.747. The van der Waals surface area contributed by atoms with Crippen LogP contribution in [0, 0.1) is 0 Å². The molecule has 62 valence electrons. The number of nitrogen functional groups attached to an aromatic ring is 1. The van der Waals surface area contributed by atoms with Crippen molar-refractivity contribution in [1.82, 2.24) is 0 Å². The van der Waals surface area contributed by atoms with Gasteiger partial charge in [0.15, 0.2) is 0 Å². The monoisotopic (exact) mass is 165 g/mol. The summed E-state index contributed by atoms with van der Waals surface area (Å²) in [5, 5.41) is 8.62. The maximum atomic E-state index is 10.5. The second kappa shape index (κ2) is 2.14. The topological polar surface area (TPSA) is 72.6 Å². The van der Waals surface area contributed by atoms with Crippen molar-refractivity contribution >= 4 is 11.7 Å². The summed E-state index contributed by atoms with van der Waals surface area (Å²) in [4.78, 5) is 10.5. The van der Waals surface area contributed by atoms with Gasteiger partial charge in [0.1, 0.15) is 5.75 Å². The van der Waals surface area contributed by atoms with Gasteiger partial charge < -0.3 is 15.6 Å². The molecule has 3 N–H and O–H groups in total. The number of carboxylic acids is 1. The molecule has 0 aliphatic carbocycles. The Morgan fingerprint density at radius 1 is 1.58 bits per heavy atom. The van der Waals surface area contributed by atoms with Gasteiger partial charge in [0, 0.05) is 5.69 Å². The second-order valence-electron chi connectivity index (χ2n) is 2.60. The number of anilines is 1. The Morgan fingerprint density at radius 3 is 2.92 bits per heavy atom. The summed E-state index contributed by atoms with van der Waals surface area (Å²) in [7, 11) is 0. The third-order valence-corrected chi connectivity index (χ3v) is 1.83. The molecule has 12 heavy (non-hydrogen) atoms. The lowest BCUT2D eigenvalue weighted by atomic mass is 10.0. The van der Waals surface area contributed by atoms with E-state index in [4.69, 9.17) is 15.6 Å². The molecule has 0 fully saturated rings. The first kappa shape index (κ1) is 6.97. The summed E-state index contributed by atoms with van der Waals surface area (Å²) >= 11 is 0. The van der Waals surface area contributed by atoms with E-state index in [9.17, 15) is 4.79 Å². The highest BCUT2D eigenvalue weighted by atomic mass is 16.5. The molecule has 1 aliphatic heterocycles. The van der Waals surface area contributed by atoms with Gasteiger partial charge >= 0.3 is 5.97 Å².